The van der Waals surface area contributed by atoms with Gasteiger partial charge in [0.25, 0.3) is 0 Å². The summed E-state index contributed by atoms with van der Waals surface area (Å²) in [6.07, 6.45) is 0. The largest absolute Gasteiger partial charge is 0.494 e. The molecule has 0 radical (unpaired) electrons. The van der Waals surface area contributed by atoms with E-state index in [1.54, 1.807) is 0 Å². The molecule has 0 fully saturated rings. The molecule has 2 amide bonds. The van der Waals surface area contributed by atoms with Gasteiger partial charge in [0.1, 0.15) is 5.75 Å². The number of urea groups is 1. The molecule has 0 unspecified atom stereocenters. The minimum Gasteiger partial charge on any atom is -0.494 e. The van der Waals surface area contributed by atoms with Crippen LogP contribution >= 0.6 is 15.9 Å². The summed E-state index contributed by atoms with van der Waals surface area (Å²) in [6.45, 7) is 3.04. The lowest BCUT2D eigenvalue weighted by Gasteiger charge is -2.09. The normalized spacial score (nSPS) is 10.0. The number of hydrogen-bond donors (Lipinski definition) is 2. The Balaban J connectivity index is 1.82. The predicted molar refractivity (Wildman–Crippen MR) is 87.6 cm³/mol. The van der Waals surface area contributed by atoms with E-state index in [0.717, 1.165) is 21.5 Å². The van der Waals surface area contributed by atoms with E-state index in [1.165, 1.54) is 0 Å². The lowest BCUT2D eigenvalue weighted by Crippen LogP contribution is -2.28. The first-order chi connectivity index (χ1) is 10.2. The van der Waals surface area contributed by atoms with Crippen molar-refractivity contribution < 1.29 is 9.53 Å². The molecule has 0 aliphatic heterocycles. The molecule has 0 aliphatic carbocycles. The van der Waals surface area contributed by atoms with Gasteiger partial charge >= 0.3 is 6.03 Å². The first-order valence-corrected chi connectivity index (χ1v) is 7.49. The zero-order chi connectivity index (χ0) is 15.1. The molecule has 0 atom stereocenters. The first-order valence-electron chi connectivity index (χ1n) is 6.69. The molecular formula is C16H17BrN2O2. The second-order valence-electron chi connectivity index (χ2n) is 4.39. The minimum atomic E-state index is -0.234. The standard InChI is InChI=1S/C16H17BrN2O2/c1-2-21-15-9-7-14(8-10-15)19-16(20)18-11-12-3-5-13(17)6-4-12/h3-10H,2,11H2,1H3,(H2,18,19,20). The van der Waals surface area contributed by atoms with Gasteiger partial charge in [-0.15, -0.1) is 0 Å². The van der Waals surface area contributed by atoms with E-state index in [-0.39, 0.29) is 6.03 Å². The van der Waals surface area contributed by atoms with E-state index < -0.39 is 0 Å². The summed E-state index contributed by atoms with van der Waals surface area (Å²) in [5.74, 6) is 0.790. The van der Waals surface area contributed by atoms with E-state index in [4.69, 9.17) is 4.74 Å². The SMILES string of the molecule is CCOc1ccc(NC(=O)NCc2ccc(Br)cc2)cc1. The summed E-state index contributed by atoms with van der Waals surface area (Å²) < 4.78 is 6.37. The second-order valence-corrected chi connectivity index (χ2v) is 5.31. The highest BCUT2D eigenvalue weighted by Crippen LogP contribution is 2.15. The van der Waals surface area contributed by atoms with Crippen LogP contribution in [-0.4, -0.2) is 12.6 Å². The van der Waals surface area contributed by atoms with Crippen molar-refractivity contribution in [1.82, 2.24) is 5.32 Å². The number of halogens is 1. The van der Waals surface area contributed by atoms with E-state index >= 15 is 0 Å². The van der Waals surface area contributed by atoms with Gasteiger partial charge in [0.15, 0.2) is 0 Å². The van der Waals surface area contributed by atoms with Crippen LogP contribution in [0.25, 0.3) is 0 Å². The highest BCUT2D eigenvalue weighted by molar-refractivity contribution is 9.10. The molecule has 2 aromatic carbocycles. The van der Waals surface area contributed by atoms with Crippen LogP contribution < -0.4 is 15.4 Å². The molecule has 0 aliphatic rings. The Labute approximate surface area is 132 Å². The number of carbonyl (C=O) groups is 1. The fourth-order valence-corrected chi connectivity index (χ4v) is 2.03. The van der Waals surface area contributed by atoms with Crippen LogP contribution in [0.15, 0.2) is 53.0 Å². The molecule has 2 N–H and O–H groups in total. The summed E-state index contributed by atoms with van der Waals surface area (Å²) in [5, 5.41) is 5.59. The lowest BCUT2D eigenvalue weighted by molar-refractivity contribution is 0.251. The van der Waals surface area contributed by atoms with E-state index in [1.807, 2.05) is 55.5 Å². The Kier molecular flexibility index (Phi) is 5.63. The molecule has 5 heteroatoms. The zero-order valence-corrected chi connectivity index (χ0v) is 13.3. The molecule has 21 heavy (non-hydrogen) atoms. The van der Waals surface area contributed by atoms with Crippen molar-refractivity contribution in [1.29, 1.82) is 0 Å². The minimum absolute atomic E-state index is 0.234. The third kappa shape index (κ3) is 5.11. The van der Waals surface area contributed by atoms with Crippen LogP contribution in [0.3, 0.4) is 0 Å². The number of amides is 2. The lowest BCUT2D eigenvalue weighted by atomic mass is 10.2. The molecule has 2 aromatic rings. The van der Waals surface area contributed by atoms with Gasteiger partial charge in [-0.2, -0.15) is 0 Å². The summed E-state index contributed by atoms with van der Waals surface area (Å²) >= 11 is 3.38. The molecule has 0 bridgehead atoms. The van der Waals surface area contributed by atoms with Crippen LogP contribution in [0.4, 0.5) is 10.5 Å². The van der Waals surface area contributed by atoms with Crippen molar-refractivity contribution in [2.24, 2.45) is 0 Å². The summed E-state index contributed by atoms with van der Waals surface area (Å²) in [5.41, 5.74) is 1.77. The summed E-state index contributed by atoms with van der Waals surface area (Å²) in [4.78, 5) is 11.8. The average molecular weight is 349 g/mol. The fraction of sp³-hybridized carbons (Fsp3) is 0.188. The van der Waals surface area contributed by atoms with Gasteiger partial charge in [-0.05, 0) is 48.9 Å². The van der Waals surface area contributed by atoms with Gasteiger partial charge in [-0.3, -0.25) is 0 Å². The van der Waals surface area contributed by atoms with E-state index in [2.05, 4.69) is 26.6 Å². The molecule has 0 spiro atoms. The Bertz CT molecular complexity index is 582. The second kappa shape index (κ2) is 7.69. The molecular weight excluding hydrogens is 332 g/mol. The highest BCUT2D eigenvalue weighted by Gasteiger charge is 2.02. The molecule has 4 nitrogen and oxygen atoms in total. The molecule has 0 saturated heterocycles. The predicted octanol–water partition coefficient (Wildman–Crippen LogP) is 4.17. The number of hydrogen-bond acceptors (Lipinski definition) is 2. The number of nitrogens with one attached hydrogen (secondary N) is 2. The monoisotopic (exact) mass is 348 g/mol. The van der Waals surface area contributed by atoms with Crippen molar-refractivity contribution in [2.45, 2.75) is 13.5 Å². The van der Waals surface area contributed by atoms with Crippen molar-refractivity contribution in [3.63, 3.8) is 0 Å². The number of carbonyl (C=O) groups excluding carboxylic acids is 1. The molecule has 0 saturated carbocycles. The number of benzene rings is 2. The Morgan fingerprint density at radius 2 is 1.76 bits per heavy atom. The number of ether oxygens (including phenoxy) is 1. The third-order valence-corrected chi connectivity index (χ3v) is 3.32. The summed E-state index contributed by atoms with van der Waals surface area (Å²) in [6, 6.07) is 14.9. The van der Waals surface area contributed by atoms with Crippen molar-refractivity contribution in [3.05, 3.63) is 58.6 Å². The number of anilines is 1. The maximum absolute atomic E-state index is 11.8. The quantitative estimate of drug-likeness (QED) is 0.851. The molecule has 2 rings (SSSR count). The van der Waals surface area contributed by atoms with Crippen LogP contribution in [0, 0.1) is 0 Å². The van der Waals surface area contributed by atoms with Gasteiger partial charge in [0.2, 0.25) is 0 Å². The first kappa shape index (κ1) is 15.4. The Morgan fingerprint density at radius 1 is 1.10 bits per heavy atom. The maximum atomic E-state index is 11.8. The Hall–Kier alpha value is -2.01. The molecule has 0 aromatic heterocycles. The van der Waals surface area contributed by atoms with Gasteiger partial charge in [-0.25, -0.2) is 4.79 Å². The van der Waals surface area contributed by atoms with Gasteiger partial charge in [0.05, 0.1) is 6.61 Å². The van der Waals surface area contributed by atoms with Crippen molar-refractivity contribution in [3.8, 4) is 5.75 Å². The smallest absolute Gasteiger partial charge is 0.319 e. The third-order valence-electron chi connectivity index (χ3n) is 2.79. The van der Waals surface area contributed by atoms with Crippen LogP contribution in [0.5, 0.6) is 5.75 Å². The van der Waals surface area contributed by atoms with Crippen LogP contribution in [0.2, 0.25) is 0 Å². The van der Waals surface area contributed by atoms with E-state index in [0.29, 0.717) is 13.2 Å². The highest BCUT2D eigenvalue weighted by atomic mass is 79.9. The molecule has 0 heterocycles. The maximum Gasteiger partial charge on any atom is 0.319 e. The fourth-order valence-electron chi connectivity index (χ4n) is 1.76. The van der Waals surface area contributed by atoms with Gasteiger partial charge < -0.3 is 15.4 Å². The average Bonchev–Trinajstić information content (AvgIpc) is 2.49. The van der Waals surface area contributed by atoms with Crippen molar-refractivity contribution in [2.75, 3.05) is 11.9 Å². The van der Waals surface area contributed by atoms with E-state index in [9.17, 15) is 4.79 Å². The summed E-state index contributed by atoms with van der Waals surface area (Å²) in [7, 11) is 0. The zero-order valence-electron chi connectivity index (χ0n) is 11.7. The van der Waals surface area contributed by atoms with Crippen LogP contribution in [-0.2, 0) is 6.54 Å². The molecule has 110 valence electrons. The van der Waals surface area contributed by atoms with Crippen LogP contribution in [0.1, 0.15) is 12.5 Å². The Morgan fingerprint density at radius 3 is 2.38 bits per heavy atom. The van der Waals surface area contributed by atoms with Crippen molar-refractivity contribution >= 4 is 27.6 Å². The van der Waals surface area contributed by atoms with Gasteiger partial charge in [-0.1, -0.05) is 28.1 Å². The number of rotatable bonds is 5. The topological polar surface area (TPSA) is 50.4 Å². The van der Waals surface area contributed by atoms with Gasteiger partial charge in [0, 0.05) is 16.7 Å².